The zero-order valence-electron chi connectivity index (χ0n) is 16.8. The molecule has 6 rings (SSSR count). The summed E-state index contributed by atoms with van der Waals surface area (Å²) in [7, 11) is 1.50. The van der Waals surface area contributed by atoms with Crippen molar-refractivity contribution in [2.75, 3.05) is 13.7 Å². The third-order valence-corrected chi connectivity index (χ3v) is 7.16. The molecule has 2 amide bonds. The Balaban J connectivity index is 1.25. The molecule has 1 aliphatic heterocycles. The molecule has 30 heavy (non-hydrogen) atoms. The fraction of sp³-hybridized carbons (Fsp3) is 0.478. The van der Waals surface area contributed by atoms with Crippen LogP contribution in [0.1, 0.15) is 23.7 Å². The Morgan fingerprint density at radius 2 is 1.73 bits per heavy atom. The minimum atomic E-state index is -1.05. The molecule has 7 heteroatoms. The second kappa shape index (κ2) is 6.79. The number of hydrogen-bond donors (Lipinski definition) is 0. The lowest BCUT2D eigenvalue weighted by Crippen LogP contribution is -2.45. The first kappa shape index (κ1) is 19.0. The van der Waals surface area contributed by atoms with Crippen LogP contribution in [0.3, 0.4) is 0 Å². The van der Waals surface area contributed by atoms with E-state index in [1.165, 1.54) is 14.0 Å². The number of benzene rings is 1. The lowest BCUT2D eigenvalue weighted by Gasteiger charge is -2.37. The molecule has 1 aromatic rings. The van der Waals surface area contributed by atoms with Crippen molar-refractivity contribution in [3.05, 3.63) is 42.0 Å². The minimum absolute atomic E-state index is 0.101. The molecule has 1 saturated heterocycles. The van der Waals surface area contributed by atoms with E-state index in [0.29, 0.717) is 23.1 Å². The summed E-state index contributed by atoms with van der Waals surface area (Å²) < 4.78 is 10.3. The number of esters is 1. The van der Waals surface area contributed by atoms with Crippen LogP contribution in [0.25, 0.3) is 0 Å². The van der Waals surface area contributed by atoms with Crippen LogP contribution in [0.2, 0.25) is 0 Å². The lowest BCUT2D eigenvalue weighted by molar-refractivity contribution is -0.157. The Morgan fingerprint density at radius 3 is 2.33 bits per heavy atom. The van der Waals surface area contributed by atoms with Gasteiger partial charge in [-0.1, -0.05) is 24.3 Å². The Kier molecular flexibility index (Phi) is 4.31. The monoisotopic (exact) mass is 409 g/mol. The number of Topliss-reactive ketones (excluding diaryl/α,β-unsaturated/α-hetero) is 1. The van der Waals surface area contributed by atoms with Crippen LogP contribution in [0.15, 0.2) is 36.4 Å². The summed E-state index contributed by atoms with van der Waals surface area (Å²) in [6, 6.07) is 5.50. The highest BCUT2D eigenvalue weighted by Gasteiger charge is 2.67. The summed E-state index contributed by atoms with van der Waals surface area (Å²) >= 11 is 0. The van der Waals surface area contributed by atoms with Crippen LogP contribution in [0.5, 0.6) is 5.75 Å². The first-order valence-corrected chi connectivity index (χ1v) is 10.3. The maximum atomic E-state index is 13.1. The van der Waals surface area contributed by atoms with Gasteiger partial charge in [0.05, 0.1) is 18.9 Å². The molecular weight excluding hydrogens is 386 g/mol. The van der Waals surface area contributed by atoms with Crippen molar-refractivity contribution in [3.8, 4) is 5.75 Å². The summed E-state index contributed by atoms with van der Waals surface area (Å²) in [5.74, 6) is -0.680. The number of ether oxygens (including phenoxy) is 2. The number of carbonyl (C=O) groups is 4. The molecule has 7 atom stereocenters. The predicted molar refractivity (Wildman–Crippen MR) is 104 cm³/mol. The number of rotatable bonds is 6. The third kappa shape index (κ3) is 2.71. The number of imide groups is 1. The fourth-order valence-electron chi connectivity index (χ4n) is 5.60. The number of methoxy groups -OCH3 is 1. The molecule has 1 aromatic carbocycles. The number of likely N-dealkylation sites (tertiary alicyclic amines) is 1. The van der Waals surface area contributed by atoms with Gasteiger partial charge in [-0.25, -0.2) is 4.79 Å². The molecule has 0 N–H and O–H groups in total. The summed E-state index contributed by atoms with van der Waals surface area (Å²) in [4.78, 5) is 52.1. The molecule has 5 aliphatic rings. The predicted octanol–water partition coefficient (Wildman–Crippen LogP) is 1.86. The van der Waals surface area contributed by atoms with Gasteiger partial charge in [0, 0.05) is 5.56 Å². The van der Waals surface area contributed by atoms with Gasteiger partial charge in [-0.3, -0.25) is 19.3 Å². The Labute approximate surface area is 174 Å². The molecule has 7 nitrogen and oxygen atoms in total. The highest BCUT2D eigenvalue weighted by Crippen LogP contribution is 2.65. The Hall–Kier alpha value is -2.96. The molecule has 1 heterocycles. The van der Waals surface area contributed by atoms with E-state index in [0.717, 1.165) is 11.3 Å². The lowest BCUT2D eigenvalue weighted by atomic mass is 9.63. The second-order valence-corrected chi connectivity index (χ2v) is 8.64. The van der Waals surface area contributed by atoms with Crippen LogP contribution in [0, 0.1) is 35.5 Å². The Bertz CT molecular complexity index is 948. The molecule has 2 bridgehead atoms. The van der Waals surface area contributed by atoms with Gasteiger partial charge in [-0.15, -0.1) is 0 Å². The zero-order chi connectivity index (χ0) is 21.2. The number of allylic oxidation sites excluding steroid dienone is 2. The number of hydrogen-bond acceptors (Lipinski definition) is 6. The highest BCUT2D eigenvalue weighted by molar-refractivity contribution is 6.09. The molecular formula is C23H23NO6. The quantitative estimate of drug-likeness (QED) is 0.308. The van der Waals surface area contributed by atoms with E-state index in [1.807, 2.05) is 0 Å². The number of carbonyl (C=O) groups excluding carboxylic acids is 4. The van der Waals surface area contributed by atoms with Gasteiger partial charge in [0.15, 0.2) is 12.4 Å². The highest BCUT2D eigenvalue weighted by atomic mass is 16.5. The van der Waals surface area contributed by atoms with Gasteiger partial charge < -0.3 is 9.47 Å². The summed E-state index contributed by atoms with van der Waals surface area (Å²) in [5, 5.41) is 0. The van der Waals surface area contributed by atoms with Crippen LogP contribution in [-0.4, -0.2) is 48.2 Å². The van der Waals surface area contributed by atoms with Crippen molar-refractivity contribution >= 4 is 23.6 Å². The van der Waals surface area contributed by atoms with Crippen molar-refractivity contribution in [2.24, 2.45) is 35.5 Å². The number of amides is 2. The van der Waals surface area contributed by atoms with Crippen LogP contribution in [0.4, 0.5) is 0 Å². The van der Waals surface area contributed by atoms with Gasteiger partial charge >= 0.3 is 5.97 Å². The van der Waals surface area contributed by atoms with Crippen LogP contribution < -0.4 is 4.74 Å². The van der Waals surface area contributed by atoms with Gasteiger partial charge in [0.1, 0.15) is 11.8 Å². The minimum Gasteiger partial charge on any atom is -0.497 e. The third-order valence-electron chi connectivity index (χ3n) is 7.16. The van der Waals surface area contributed by atoms with E-state index < -0.39 is 18.6 Å². The van der Waals surface area contributed by atoms with Gasteiger partial charge in [-0.2, -0.15) is 0 Å². The first-order valence-electron chi connectivity index (χ1n) is 10.3. The summed E-state index contributed by atoms with van der Waals surface area (Å²) in [6.45, 7) is 1.03. The van der Waals surface area contributed by atoms with E-state index in [9.17, 15) is 19.2 Å². The molecule has 0 radical (unpaired) electrons. The van der Waals surface area contributed by atoms with Crippen molar-refractivity contribution < 1.29 is 28.7 Å². The standard InChI is InChI=1S/C23H23NO6/c1-11(23(28)30-10-18(25)12-4-3-5-13(8-12)29-2)24-21(26)19-14-6-7-15(17-9-16(14)17)20(19)22(24)27/h3-8,11,14-17,19-20H,9-10H2,1-2H3/t11-,14-,15-,16-,17+,19-,20+/m0/s1. The van der Waals surface area contributed by atoms with E-state index in [-0.39, 0.29) is 41.3 Å². The molecule has 0 unspecified atom stereocenters. The molecule has 156 valence electrons. The van der Waals surface area contributed by atoms with Crippen molar-refractivity contribution in [1.82, 2.24) is 4.90 Å². The summed E-state index contributed by atoms with van der Waals surface area (Å²) in [6.07, 6.45) is 5.26. The molecule has 0 aromatic heterocycles. The van der Waals surface area contributed by atoms with Crippen LogP contribution in [-0.2, 0) is 19.1 Å². The van der Waals surface area contributed by atoms with Crippen molar-refractivity contribution in [1.29, 1.82) is 0 Å². The van der Waals surface area contributed by atoms with Crippen molar-refractivity contribution in [3.63, 3.8) is 0 Å². The maximum absolute atomic E-state index is 13.1. The average Bonchev–Trinajstić information content (AvgIpc) is 3.54. The van der Waals surface area contributed by atoms with E-state index in [4.69, 9.17) is 9.47 Å². The average molecular weight is 409 g/mol. The largest absolute Gasteiger partial charge is 0.497 e. The Morgan fingerprint density at radius 1 is 1.10 bits per heavy atom. The normalized spacial score (nSPS) is 33.7. The molecule has 0 spiro atoms. The maximum Gasteiger partial charge on any atom is 0.329 e. The van der Waals surface area contributed by atoms with E-state index >= 15 is 0 Å². The van der Waals surface area contributed by atoms with Gasteiger partial charge in [-0.05, 0) is 49.1 Å². The second-order valence-electron chi connectivity index (χ2n) is 8.64. The van der Waals surface area contributed by atoms with Crippen LogP contribution >= 0.6 is 0 Å². The zero-order valence-corrected chi connectivity index (χ0v) is 16.8. The fourth-order valence-corrected chi connectivity index (χ4v) is 5.60. The first-order chi connectivity index (χ1) is 14.4. The topological polar surface area (TPSA) is 90.0 Å². The molecule has 3 fully saturated rings. The molecule has 4 aliphatic carbocycles. The summed E-state index contributed by atoms with van der Waals surface area (Å²) in [5.41, 5.74) is 0.357. The SMILES string of the molecule is COc1cccc(C(=O)COC(=O)[C@H](C)N2C(=O)[C@@H]3[C@H]4C=C[C@@H]([C@@H]5C[C@H]45)[C@@H]3C2=O)c1. The number of nitrogens with zero attached hydrogens (tertiary/aromatic N) is 1. The van der Waals surface area contributed by atoms with Crippen molar-refractivity contribution in [2.45, 2.75) is 19.4 Å². The van der Waals surface area contributed by atoms with Gasteiger partial charge in [0.25, 0.3) is 0 Å². The van der Waals surface area contributed by atoms with E-state index in [2.05, 4.69) is 12.2 Å². The van der Waals surface area contributed by atoms with E-state index in [1.54, 1.807) is 24.3 Å². The molecule has 2 saturated carbocycles. The smallest absolute Gasteiger partial charge is 0.329 e. The number of ketones is 1. The van der Waals surface area contributed by atoms with Gasteiger partial charge in [0.2, 0.25) is 11.8 Å².